The van der Waals surface area contributed by atoms with Gasteiger partial charge < -0.3 is 5.32 Å². The summed E-state index contributed by atoms with van der Waals surface area (Å²) in [6.45, 7) is 8.69. The summed E-state index contributed by atoms with van der Waals surface area (Å²) in [7, 11) is 0. The van der Waals surface area contributed by atoms with Gasteiger partial charge in [0.05, 0.1) is 0 Å². The molecular weight excluding hydrogens is 366 g/mol. The SMILES string of the molecule is CCN(CCN(CCNC1CCCCCC1)C1CCCCCC1)C1CCCCCC1. The molecule has 3 fully saturated rings. The van der Waals surface area contributed by atoms with E-state index in [9.17, 15) is 0 Å². The van der Waals surface area contributed by atoms with E-state index in [-0.39, 0.29) is 0 Å². The van der Waals surface area contributed by atoms with E-state index >= 15 is 0 Å². The van der Waals surface area contributed by atoms with Crippen molar-refractivity contribution in [3.63, 3.8) is 0 Å². The number of nitrogens with one attached hydrogen (secondary N) is 1. The average molecular weight is 420 g/mol. The van der Waals surface area contributed by atoms with E-state index in [2.05, 4.69) is 22.0 Å². The number of rotatable bonds is 10. The molecule has 3 heteroatoms. The van der Waals surface area contributed by atoms with Gasteiger partial charge in [0.15, 0.2) is 0 Å². The van der Waals surface area contributed by atoms with E-state index < -0.39 is 0 Å². The molecule has 0 radical (unpaired) electrons. The molecule has 0 bridgehead atoms. The zero-order valence-electron chi connectivity index (χ0n) is 20.4. The van der Waals surface area contributed by atoms with Crippen LogP contribution in [-0.2, 0) is 0 Å². The van der Waals surface area contributed by atoms with Gasteiger partial charge in [-0.15, -0.1) is 0 Å². The standard InChI is InChI=1S/C27H53N3/c1-2-29(26-17-11-5-6-12-18-26)23-24-30(27-19-13-7-8-14-20-27)22-21-28-25-15-9-3-4-10-16-25/h25-28H,2-24H2,1H3. The Kier molecular flexibility index (Phi) is 12.1. The molecule has 30 heavy (non-hydrogen) atoms. The molecule has 176 valence electrons. The second-order valence-corrected chi connectivity index (χ2v) is 10.6. The second kappa shape index (κ2) is 14.9. The smallest absolute Gasteiger partial charge is 0.0113 e. The number of likely N-dealkylation sites (N-methyl/N-ethyl adjacent to an activating group) is 1. The van der Waals surface area contributed by atoms with E-state index in [1.165, 1.54) is 148 Å². The van der Waals surface area contributed by atoms with Crippen LogP contribution in [0.5, 0.6) is 0 Å². The Morgan fingerprint density at radius 1 is 0.533 bits per heavy atom. The van der Waals surface area contributed by atoms with Gasteiger partial charge in [-0.25, -0.2) is 0 Å². The first-order valence-electron chi connectivity index (χ1n) is 14.1. The summed E-state index contributed by atoms with van der Waals surface area (Å²) in [5.41, 5.74) is 0. The Labute approximate surface area is 188 Å². The largest absolute Gasteiger partial charge is 0.313 e. The van der Waals surface area contributed by atoms with Gasteiger partial charge in [-0.3, -0.25) is 9.80 Å². The predicted octanol–water partition coefficient (Wildman–Crippen LogP) is 6.37. The van der Waals surface area contributed by atoms with Gasteiger partial charge in [0.25, 0.3) is 0 Å². The van der Waals surface area contributed by atoms with Crippen molar-refractivity contribution in [3.05, 3.63) is 0 Å². The van der Waals surface area contributed by atoms with Gasteiger partial charge in [-0.1, -0.05) is 84.0 Å². The Bertz CT molecular complexity index is 402. The molecule has 0 saturated heterocycles. The second-order valence-electron chi connectivity index (χ2n) is 10.6. The van der Waals surface area contributed by atoms with Crippen LogP contribution in [0, 0.1) is 0 Å². The highest BCUT2D eigenvalue weighted by Gasteiger charge is 2.23. The molecule has 0 spiro atoms. The first-order chi connectivity index (χ1) is 14.9. The molecule has 0 aromatic carbocycles. The number of nitrogens with zero attached hydrogens (tertiary/aromatic N) is 2. The third-order valence-corrected chi connectivity index (χ3v) is 8.45. The summed E-state index contributed by atoms with van der Waals surface area (Å²) >= 11 is 0. The Balaban J connectivity index is 1.50. The maximum Gasteiger partial charge on any atom is 0.0113 e. The zero-order chi connectivity index (χ0) is 20.9. The van der Waals surface area contributed by atoms with Crippen LogP contribution >= 0.6 is 0 Å². The van der Waals surface area contributed by atoms with Crippen molar-refractivity contribution in [1.82, 2.24) is 15.1 Å². The highest BCUT2D eigenvalue weighted by molar-refractivity contribution is 4.80. The lowest BCUT2D eigenvalue weighted by atomic mass is 10.1. The van der Waals surface area contributed by atoms with E-state index in [1.807, 2.05) is 0 Å². The van der Waals surface area contributed by atoms with Gasteiger partial charge in [0, 0.05) is 44.3 Å². The van der Waals surface area contributed by atoms with Gasteiger partial charge in [0.2, 0.25) is 0 Å². The van der Waals surface area contributed by atoms with E-state index in [4.69, 9.17) is 0 Å². The van der Waals surface area contributed by atoms with Crippen LogP contribution in [0.2, 0.25) is 0 Å². The lowest BCUT2D eigenvalue weighted by Crippen LogP contribution is -2.47. The zero-order valence-corrected chi connectivity index (χ0v) is 20.4. The van der Waals surface area contributed by atoms with Crippen LogP contribution in [-0.4, -0.2) is 60.6 Å². The molecular formula is C27H53N3. The molecule has 0 aromatic heterocycles. The highest BCUT2D eigenvalue weighted by atomic mass is 15.2. The summed E-state index contributed by atoms with van der Waals surface area (Å²) in [4.78, 5) is 5.75. The van der Waals surface area contributed by atoms with Crippen LogP contribution < -0.4 is 5.32 Å². The number of hydrogen-bond donors (Lipinski definition) is 1. The minimum Gasteiger partial charge on any atom is -0.313 e. The van der Waals surface area contributed by atoms with Crippen molar-refractivity contribution < 1.29 is 0 Å². The first kappa shape index (κ1) is 24.5. The fraction of sp³-hybridized carbons (Fsp3) is 1.00. The van der Waals surface area contributed by atoms with Crippen LogP contribution in [0.4, 0.5) is 0 Å². The molecule has 0 amide bonds. The highest BCUT2D eigenvalue weighted by Crippen LogP contribution is 2.24. The van der Waals surface area contributed by atoms with Crippen molar-refractivity contribution in [2.24, 2.45) is 0 Å². The third-order valence-electron chi connectivity index (χ3n) is 8.45. The minimum absolute atomic E-state index is 0.793. The Morgan fingerprint density at radius 3 is 1.47 bits per heavy atom. The van der Waals surface area contributed by atoms with Crippen molar-refractivity contribution in [1.29, 1.82) is 0 Å². The van der Waals surface area contributed by atoms with E-state index in [0.717, 1.165) is 18.1 Å². The van der Waals surface area contributed by atoms with E-state index in [0.29, 0.717) is 0 Å². The van der Waals surface area contributed by atoms with Crippen LogP contribution in [0.25, 0.3) is 0 Å². The molecule has 3 saturated carbocycles. The maximum absolute atomic E-state index is 3.96. The summed E-state index contributed by atoms with van der Waals surface area (Å²) in [6.07, 6.45) is 26.1. The Morgan fingerprint density at radius 2 is 0.967 bits per heavy atom. The van der Waals surface area contributed by atoms with Crippen molar-refractivity contribution >= 4 is 0 Å². The molecule has 0 aliphatic heterocycles. The third kappa shape index (κ3) is 8.79. The Hall–Kier alpha value is -0.120. The topological polar surface area (TPSA) is 18.5 Å². The van der Waals surface area contributed by atoms with Gasteiger partial charge in [-0.05, 0) is 45.1 Å². The number of hydrogen-bond acceptors (Lipinski definition) is 3. The first-order valence-corrected chi connectivity index (χ1v) is 14.1. The molecule has 3 rings (SSSR count). The van der Waals surface area contributed by atoms with Crippen molar-refractivity contribution in [3.8, 4) is 0 Å². The van der Waals surface area contributed by atoms with Gasteiger partial charge >= 0.3 is 0 Å². The minimum atomic E-state index is 0.793. The fourth-order valence-corrected chi connectivity index (χ4v) is 6.47. The van der Waals surface area contributed by atoms with Crippen molar-refractivity contribution in [2.75, 3.05) is 32.7 Å². The molecule has 3 nitrogen and oxygen atoms in total. The fourth-order valence-electron chi connectivity index (χ4n) is 6.47. The molecule has 3 aliphatic carbocycles. The molecule has 0 unspecified atom stereocenters. The predicted molar refractivity (Wildman–Crippen MR) is 131 cm³/mol. The molecule has 3 aliphatic rings. The van der Waals surface area contributed by atoms with Crippen LogP contribution in [0.3, 0.4) is 0 Å². The summed E-state index contributed by atoms with van der Waals surface area (Å²) in [6, 6.07) is 2.50. The summed E-state index contributed by atoms with van der Waals surface area (Å²) in [5, 5.41) is 3.96. The molecule has 0 heterocycles. The molecule has 0 atom stereocenters. The van der Waals surface area contributed by atoms with Gasteiger partial charge in [-0.2, -0.15) is 0 Å². The van der Waals surface area contributed by atoms with Crippen LogP contribution in [0.15, 0.2) is 0 Å². The quantitative estimate of drug-likeness (QED) is 0.415. The lowest BCUT2D eigenvalue weighted by Gasteiger charge is -2.36. The van der Waals surface area contributed by atoms with Crippen molar-refractivity contribution in [2.45, 2.75) is 141 Å². The van der Waals surface area contributed by atoms with Crippen LogP contribution in [0.1, 0.15) is 122 Å². The summed E-state index contributed by atoms with van der Waals surface area (Å²) in [5.74, 6) is 0. The lowest BCUT2D eigenvalue weighted by molar-refractivity contribution is 0.122. The maximum atomic E-state index is 3.96. The molecule has 1 N–H and O–H groups in total. The van der Waals surface area contributed by atoms with Gasteiger partial charge in [0.1, 0.15) is 0 Å². The molecule has 0 aromatic rings. The monoisotopic (exact) mass is 419 g/mol. The van der Waals surface area contributed by atoms with E-state index in [1.54, 1.807) is 0 Å². The normalized spacial score (nSPS) is 24.1. The average Bonchev–Trinajstić information content (AvgIpc) is 3.29. The summed E-state index contributed by atoms with van der Waals surface area (Å²) < 4.78 is 0.